The van der Waals surface area contributed by atoms with Crippen molar-refractivity contribution in [3.05, 3.63) is 18.3 Å². The van der Waals surface area contributed by atoms with Crippen molar-refractivity contribution in [2.75, 3.05) is 24.4 Å². The first-order chi connectivity index (χ1) is 14.4. The summed E-state index contributed by atoms with van der Waals surface area (Å²) in [5, 5.41) is 2.92. The molecule has 0 spiro atoms. The molecule has 2 heterocycles. The average Bonchev–Trinajstić information content (AvgIpc) is 3.61. The van der Waals surface area contributed by atoms with Gasteiger partial charge in [0.15, 0.2) is 0 Å². The van der Waals surface area contributed by atoms with Crippen LogP contribution in [-0.2, 0) is 10.0 Å². The van der Waals surface area contributed by atoms with Crippen LogP contribution in [0.25, 0.3) is 0 Å². The Morgan fingerprint density at radius 1 is 1.10 bits per heavy atom. The highest BCUT2D eigenvalue weighted by Crippen LogP contribution is 2.33. The molecule has 30 heavy (non-hydrogen) atoms. The zero-order valence-electron chi connectivity index (χ0n) is 17.6. The molecule has 166 valence electrons. The molecule has 4 rings (SSSR count). The van der Waals surface area contributed by atoms with Crippen LogP contribution in [0.4, 0.5) is 10.5 Å². The number of nitrogens with one attached hydrogen (secondary N) is 1. The quantitative estimate of drug-likeness (QED) is 0.740. The van der Waals surface area contributed by atoms with E-state index in [-0.39, 0.29) is 17.4 Å². The van der Waals surface area contributed by atoms with E-state index < -0.39 is 10.0 Å². The summed E-state index contributed by atoms with van der Waals surface area (Å²) in [5.74, 6) is 0.487. The Hall–Kier alpha value is -2.03. The van der Waals surface area contributed by atoms with Crippen LogP contribution in [0.1, 0.15) is 57.8 Å². The minimum absolute atomic E-state index is 0.00927. The fraction of sp³-hybridized carbons (Fsp3) is 0.714. The lowest BCUT2D eigenvalue weighted by atomic mass is 9.96. The molecule has 1 aromatic rings. The Balaban J connectivity index is 1.24. The number of amides is 2. The van der Waals surface area contributed by atoms with Gasteiger partial charge in [-0.1, -0.05) is 19.3 Å². The first-order valence-electron chi connectivity index (χ1n) is 11.1. The lowest BCUT2D eigenvalue weighted by molar-refractivity contribution is 0.106. The maximum Gasteiger partial charge on any atom is 0.317 e. The number of sulfonamides is 1. The third kappa shape index (κ3) is 4.99. The number of carbonyl (C=O) groups excluding carboxylic acids is 1. The predicted molar refractivity (Wildman–Crippen MR) is 115 cm³/mol. The normalized spacial score (nSPS) is 21.3. The van der Waals surface area contributed by atoms with Crippen LogP contribution in [-0.4, -0.2) is 61.9 Å². The molecule has 8 nitrogen and oxygen atoms in total. The maximum absolute atomic E-state index is 12.5. The summed E-state index contributed by atoms with van der Waals surface area (Å²) >= 11 is 0. The van der Waals surface area contributed by atoms with Crippen LogP contribution >= 0.6 is 0 Å². The number of pyridine rings is 1. The number of carbonyl (C=O) groups is 1. The zero-order valence-corrected chi connectivity index (χ0v) is 18.4. The molecular formula is C21H32N4O4S. The van der Waals surface area contributed by atoms with Crippen LogP contribution in [0.3, 0.4) is 0 Å². The first-order valence-corrected chi connectivity index (χ1v) is 12.6. The lowest BCUT2D eigenvalue weighted by Crippen LogP contribution is -2.49. The van der Waals surface area contributed by atoms with Crippen molar-refractivity contribution in [3.8, 4) is 5.88 Å². The number of nitrogens with zero attached hydrogens (tertiary/aromatic N) is 3. The summed E-state index contributed by atoms with van der Waals surface area (Å²) in [7, 11) is -1.71. The van der Waals surface area contributed by atoms with E-state index in [9.17, 15) is 13.2 Å². The van der Waals surface area contributed by atoms with Gasteiger partial charge in [-0.25, -0.2) is 18.2 Å². The number of aromatic nitrogens is 1. The molecule has 1 aliphatic heterocycles. The fourth-order valence-corrected chi connectivity index (χ4v) is 5.81. The van der Waals surface area contributed by atoms with Gasteiger partial charge < -0.3 is 15.0 Å². The van der Waals surface area contributed by atoms with Gasteiger partial charge >= 0.3 is 6.03 Å². The number of urea groups is 1. The van der Waals surface area contributed by atoms with Crippen molar-refractivity contribution in [1.82, 2.24) is 15.2 Å². The highest BCUT2D eigenvalue weighted by molar-refractivity contribution is 7.93. The van der Waals surface area contributed by atoms with Gasteiger partial charge in [-0.2, -0.15) is 0 Å². The molecule has 0 atom stereocenters. The molecule has 3 fully saturated rings. The summed E-state index contributed by atoms with van der Waals surface area (Å²) < 4.78 is 32.0. The minimum Gasteiger partial charge on any atom is -0.474 e. The van der Waals surface area contributed by atoms with Crippen LogP contribution in [0, 0.1) is 0 Å². The molecule has 0 unspecified atom stereocenters. The number of piperidine rings is 1. The van der Waals surface area contributed by atoms with Crippen molar-refractivity contribution in [2.24, 2.45) is 0 Å². The van der Waals surface area contributed by atoms with E-state index in [1.54, 1.807) is 25.4 Å². The first kappa shape index (κ1) is 21.2. The topological polar surface area (TPSA) is 91.8 Å². The van der Waals surface area contributed by atoms with E-state index in [1.807, 2.05) is 4.90 Å². The lowest BCUT2D eigenvalue weighted by Gasteiger charge is -2.33. The standard InChI is InChI=1S/C21H32N4O4S/c1-24(30(27,28)19-8-9-19)17-7-10-20(22-15-17)29-18-11-13-25(14-12-18)21(26)23-16-5-3-2-4-6-16/h7,10,15-16,18-19H,2-6,8-9,11-14H2,1H3,(H,23,26). The van der Waals surface area contributed by atoms with Crippen LogP contribution < -0.4 is 14.4 Å². The highest BCUT2D eigenvalue weighted by Gasteiger charge is 2.39. The van der Waals surface area contributed by atoms with E-state index in [1.165, 1.54) is 23.6 Å². The SMILES string of the molecule is CN(c1ccc(OC2CCN(C(=O)NC3CCCCC3)CC2)nc1)S(=O)(=O)C1CC1. The van der Waals surface area contributed by atoms with E-state index in [4.69, 9.17) is 4.74 Å². The largest absolute Gasteiger partial charge is 0.474 e. The molecule has 2 aliphatic carbocycles. The zero-order chi connectivity index (χ0) is 21.1. The maximum atomic E-state index is 12.5. The van der Waals surface area contributed by atoms with Crippen molar-refractivity contribution in [2.45, 2.75) is 75.2 Å². The van der Waals surface area contributed by atoms with E-state index in [0.29, 0.717) is 30.7 Å². The van der Waals surface area contributed by atoms with Gasteiger partial charge in [0.1, 0.15) is 6.10 Å². The molecule has 2 saturated carbocycles. The average molecular weight is 437 g/mol. The van der Waals surface area contributed by atoms with Gasteiger partial charge in [0.2, 0.25) is 15.9 Å². The third-order valence-electron chi connectivity index (χ3n) is 6.36. The van der Waals surface area contributed by atoms with Crippen molar-refractivity contribution >= 4 is 21.7 Å². The van der Waals surface area contributed by atoms with E-state index in [0.717, 1.165) is 38.5 Å². The van der Waals surface area contributed by atoms with Crippen LogP contribution in [0.2, 0.25) is 0 Å². The second-order valence-electron chi connectivity index (χ2n) is 8.66. The molecule has 1 saturated heterocycles. The third-order valence-corrected chi connectivity index (χ3v) is 8.65. The molecule has 1 N–H and O–H groups in total. The van der Waals surface area contributed by atoms with Gasteiger partial charge in [0.05, 0.1) is 17.1 Å². The Bertz CT molecular complexity index is 827. The molecule has 0 bridgehead atoms. The van der Waals surface area contributed by atoms with E-state index in [2.05, 4.69) is 10.3 Å². The fourth-order valence-electron chi connectivity index (χ4n) is 4.23. The number of anilines is 1. The van der Waals surface area contributed by atoms with Gasteiger partial charge in [-0.15, -0.1) is 0 Å². The van der Waals surface area contributed by atoms with Crippen molar-refractivity contribution in [3.63, 3.8) is 0 Å². The van der Waals surface area contributed by atoms with Crippen LogP contribution in [0.15, 0.2) is 18.3 Å². The number of likely N-dealkylation sites (tertiary alicyclic amines) is 1. The van der Waals surface area contributed by atoms with E-state index >= 15 is 0 Å². The molecule has 0 radical (unpaired) electrons. The van der Waals surface area contributed by atoms with Gasteiger partial charge in [0.25, 0.3) is 0 Å². The van der Waals surface area contributed by atoms with Gasteiger partial charge in [-0.3, -0.25) is 4.31 Å². The van der Waals surface area contributed by atoms with Gasteiger partial charge in [0, 0.05) is 45.1 Å². The Morgan fingerprint density at radius 3 is 2.40 bits per heavy atom. The number of hydrogen-bond donors (Lipinski definition) is 1. The van der Waals surface area contributed by atoms with Crippen molar-refractivity contribution < 1.29 is 17.9 Å². The number of ether oxygens (including phenoxy) is 1. The predicted octanol–water partition coefficient (Wildman–Crippen LogP) is 2.90. The smallest absolute Gasteiger partial charge is 0.317 e. The molecule has 2 amide bonds. The molecule has 0 aromatic carbocycles. The number of hydrogen-bond acceptors (Lipinski definition) is 5. The summed E-state index contributed by atoms with van der Waals surface area (Å²) in [5.41, 5.74) is 0.545. The molecule has 9 heteroatoms. The molecule has 1 aromatic heterocycles. The van der Waals surface area contributed by atoms with Crippen LogP contribution in [0.5, 0.6) is 5.88 Å². The van der Waals surface area contributed by atoms with Crippen molar-refractivity contribution in [1.29, 1.82) is 0 Å². The second-order valence-corrected chi connectivity index (χ2v) is 10.9. The summed E-state index contributed by atoms with van der Waals surface area (Å²) in [6.45, 7) is 1.34. The number of rotatable bonds is 6. The summed E-state index contributed by atoms with van der Waals surface area (Å²) in [4.78, 5) is 18.6. The summed E-state index contributed by atoms with van der Waals surface area (Å²) in [6.07, 6.45) is 10.4. The minimum atomic E-state index is -3.27. The molecule has 3 aliphatic rings. The Morgan fingerprint density at radius 2 is 1.80 bits per heavy atom. The molecular weight excluding hydrogens is 404 g/mol. The monoisotopic (exact) mass is 436 g/mol. The second kappa shape index (κ2) is 8.99. The summed E-state index contributed by atoms with van der Waals surface area (Å²) in [6, 6.07) is 3.82. The Labute approximate surface area is 179 Å². The van der Waals surface area contributed by atoms with Gasteiger partial charge in [-0.05, 0) is 31.7 Å². The Kier molecular flexibility index (Phi) is 6.36. The highest BCUT2D eigenvalue weighted by atomic mass is 32.2.